The highest BCUT2D eigenvalue weighted by molar-refractivity contribution is 7.09. The Morgan fingerprint density at radius 3 is 3.27 bits per heavy atom. The Hall–Kier alpha value is -0.450. The Kier molecular flexibility index (Phi) is 4.11. The molecule has 1 aromatic rings. The third-order valence-electron chi connectivity index (χ3n) is 2.93. The van der Waals surface area contributed by atoms with Crippen molar-refractivity contribution in [2.24, 2.45) is 0 Å². The van der Waals surface area contributed by atoms with Crippen LogP contribution >= 0.6 is 11.3 Å². The normalized spacial score (nSPS) is 23.1. The molecule has 1 saturated heterocycles. The Morgan fingerprint density at radius 1 is 1.73 bits per heavy atom. The molecule has 4 heteroatoms. The van der Waals surface area contributed by atoms with Crippen molar-refractivity contribution in [1.29, 1.82) is 0 Å². The van der Waals surface area contributed by atoms with Crippen LogP contribution in [0, 0.1) is 0 Å². The van der Waals surface area contributed by atoms with E-state index in [2.05, 4.69) is 22.5 Å². The second kappa shape index (κ2) is 5.58. The molecular formula is C11H19N3S. The maximum Gasteiger partial charge on any atom is 0.109 e. The number of nitrogens with zero attached hydrogens (tertiary/aromatic N) is 1. The molecule has 15 heavy (non-hydrogen) atoms. The zero-order valence-electron chi connectivity index (χ0n) is 9.20. The van der Waals surface area contributed by atoms with Crippen LogP contribution in [0.15, 0.2) is 11.6 Å². The van der Waals surface area contributed by atoms with Gasteiger partial charge in [0, 0.05) is 24.2 Å². The summed E-state index contributed by atoms with van der Waals surface area (Å²) in [7, 11) is 0. The summed E-state index contributed by atoms with van der Waals surface area (Å²) in [5.41, 5.74) is 0. The van der Waals surface area contributed by atoms with Gasteiger partial charge in [-0.3, -0.25) is 0 Å². The first-order valence-electron chi connectivity index (χ1n) is 5.76. The van der Waals surface area contributed by atoms with Crippen molar-refractivity contribution in [1.82, 2.24) is 15.6 Å². The first-order valence-corrected chi connectivity index (χ1v) is 6.64. The first-order chi connectivity index (χ1) is 7.40. The third kappa shape index (κ3) is 3.00. The quantitative estimate of drug-likeness (QED) is 0.804. The van der Waals surface area contributed by atoms with E-state index in [0.717, 1.165) is 13.0 Å². The van der Waals surface area contributed by atoms with Crippen molar-refractivity contribution in [3.8, 4) is 0 Å². The predicted octanol–water partition coefficient (Wildman–Crippen LogP) is 1.94. The van der Waals surface area contributed by atoms with Gasteiger partial charge in [-0.05, 0) is 25.8 Å². The van der Waals surface area contributed by atoms with E-state index in [0.29, 0.717) is 12.1 Å². The summed E-state index contributed by atoms with van der Waals surface area (Å²) in [5.74, 6) is 0. The fraction of sp³-hybridized carbons (Fsp3) is 0.727. The van der Waals surface area contributed by atoms with E-state index in [1.807, 2.05) is 11.6 Å². The largest absolute Gasteiger partial charge is 0.313 e. The molecule has 1 aliphatic rings. The molecule has 0 radical (unpaired) electrons. The molecule has 2 rings (SSSR count). The summed E-state index contributed by atoms with van der Waals surface area (Å²) in [6.45, 7) is 4.46. The lowest BCUT2D eigenvalue weighted by molar-refractivity contribution is 0.460. The number of hydrogen-bond donors (Lipinski definition) is 2. The van der Waals surface area contributed by atoms with Crippen LogP contribution < -0.4 is 10.6 Å². The van der Waals surface area contributed by atoms with Gasteiger partial charge in [0.25, 0.3) is 0 Å². The Morgan fingerprint density at radius 2 is 2.67 bits per heavy atom. The lowest BCUT2D eigenvalue weighted by atomic mass is 10.2. The van der Waals surface area contributed by atoms with Crippen molar-refractivity contribution < 1.29 is 0 Å². The van der Waals surface area contributed by atoms with E-state index in [1.165, 1.54) is 24.4 Å². The van der Waals surface area contributed by atoms with Crippen LogP contribution in [0.5, 0.6) is 0 Å². The first kappa shape index (κ1) is 11.0. The number of hydrogen-bond acceptors (Lipinski definition) is 4. The van der Waals surface area contributed by atoms with Crippen molar-refractivity contribution in [3.63, 3.8) is 0 Å². The second-order valence-electron chi connectivity index (χ2n) is 4.03. The van der Waals surface area contributed by atoms with Gasteiger partial charge >= 0.3 is 0 Å². The van der Waals surface area contributed by atoms with Gasteiger partial charge in [-0.2, -0.15) is 0 Å². The molecule has 2 unspecified atom stereocenters. The van der Waals surface area contributed by atoms with Crippen molar-refractivity contribution in [2.45, 2.75) is 38.3 Å². The highest BCUT2D eigenvalue weighted by Gasteiger charge is 2.17. The van der Waals surface area contributed by atoms with Gasteiger partial charge in [0.15, 0.2) is 0 Å². The lowest BCUT2D eigenvalue weighted by Gasteiger charge is -2.17. The molecule has 1 fully saturated rings. The van der Waals surface area contributed by atoms with Crippen LogP contribution in [0.1, 0.15) is 37.2 Å². The van der Waals surface area contributed by atoms with Crippen molar-refractivity contribution >= 4 is 11.3 Å². The fourth-order valence-electron chi connectivity index (χ4n) is 2.03. The Labute approximate surface area is 95.3 Å². The van der Waals surface area contributed by atoms with E-state index >= 15 is 0 Å². The van der Waals surface area contributed by atoms with Crippen LogP contribution in [0.25, 0.3) is 0 Å². The molecule has 0 amide bonds. The maximum absolute atomic E-state index is 4.37. The number of rotatable bonds is 5. The van der Waals surface area contributed by atoms with Crippen LogP contribution in [-0.4, -0.2) is 24.1 Å². The van der Waals surface area contributed by atoms with Gasteiger partial charge in [-0.1, -0.05) is 6.92 Å². The molecule has 1 aromatic heterocycles. The molecule has 3 nitrogen and oxygen atoms in total. The van der Waals surface area contributed by atoms with Crippen LogP contribution in [0.2, 0.25) is 0 Å². The molecule has 0 aromatic carbocycles. The van der Waals surface area contributed by atoms with E-state index in [9.17, 15) is 0 Å². The number of thiazole rings is 1. The van der Waals surface area contributed by atoms with Crippen LogP contribution in [0.4, 0.5) is 0 Å². The molecular weight excluding hydrogens is 206 g/mol. The van der Waals surface area contributed by atoms with Gasteiger partial charge in [-0.25, -0.2) is 4.98 Å². The topological polar surface area (TPSA) is 37.0 Å². The lowest BCUT2D eigenvalue weighted by Crippen LogP contribution is -2.35. The number of nitrogens with one attached hydrogen (secondary N) is 2. The molecule has 0 aliphatic carbocycles. The van der Waals surface area contributed by atoms with Gasteiger partial charge in [0.2, 0.25) is 0 Å². The molecule has 84 valence electrons. The van der Waals surface area contributed by atoms with E-state index < -0.39 is 0 Å². The van der Waals surface area contributed by atoms with E-state index in [1.54, 1.807) is 11.3 Å². The van der Waals surface area contributed by atoms with Gasteiger partial charge in [0.05, 0.1) is 6.04 Å². The van der Waals surface area contributed by atoms with Gasteiger partial charge in [0.1, 0.15) is 5.01 Å². The molecule has 2 heterocycles. The SMILES string of the molecule is CCC(NCC1CCCN1)c1nccs1. The van der Waals surface area contributed by atoms with Crippen LogP contribution in [0.3, 0.4) is 0 Å². The van der Waals surface area contributed by atoms with Gasteiger partial charge in [-0.15, -0.1) is 11.3 Å². The molecule has 2 atom stereocenters. The molecule has 0 spiro atoms. The third-order valence-corrected chi connectivity index (χ3v) is 3.82. The minimum absolute atomic E-state index is 0.437. The average Bonchev–Trinajstić information content (AvgIpc) is 2.90. The summed E-state index contributed by atoms with van der Waals surface area (Å²) in [6, 6.07) is 1.10. The highest BCUT2D eigenvalue weighted by atomic mass is 32.1. The van der Waals surface area contributed by atoms with Crippen molar-refractivity contribution in [3.05, 3.63) is 16.6 Å². The molecule has 2 N–H and O–H groups in total. The summed E-state index contributed by atoms with van der Waals surface area (Å²) in [5, 5.41) is 10.4. The minimum atomic E-state index is 0.437. The Balaban J connectivity index is 1.80. The molecule has 1 aliphatic heterocycles. The van der Waals surface area contributed by atoms with Gasteiger partial charge < -0.3 is 10.6 Å². The summed E-state index contributed by atoms with van der Waals surface area (Å²) in [6.07, 6.45) is 5.63. The minimum Gasteiger partial charge on any atom is -0.313 e. The van der Waals surface area contributed by atoms with E-state index in [4.69, 9.17) is 0 Å². The summed E-state index contributed by atoms with van der Waals surface area (Å²) < 4.78 is 0. The second-order valence-corrected chi connectivity index (χ2v) is 4.96. The van der Waals surface area contributed by atoms with E-state index in [-0.39, 0.29) is 0 Å². The Bertz CT molecular complexity index is 267. The summed E-state index contributed by atoms with van der Waals surface area (Å²) >= 11 is 1.74. The smallest absolute Gasteiger partial charge is 0.109 e. The van der Waals surface area contributed by atoms with Crippen LogP contribution in [-0.2, 0) is 0 Å². The number of aromatic nitrogens is 1. The highest BCUT2D eigenvalue weighted by Crippen LogP contribution is 2.18. The average molecular weight is 225 g/mol. The van der Waals surface area contributed by atoms with Crippen molar-refractivity contribution in [2.75, 3.05) is 13.1 Å². The molecule has 0 saturated carbocycles. The summed E-state index contributed by atoms with van der Waals surface area (Å²) in [4.78, 5) is 4.37. The predicted molar refractivity (Wildman–Crippen MR) is 64.2 cm³/mol. The zero-order valence-corrected chi connectivity index (χ0v) is 10.0. The zero-order chi connectivity index (χ0) is 10.5. The molecule has 0 bridgehead atoms. The fourth-order valence-corrected chi connectivity index (χ4v) is 2.83. The maximum atomic E-state index is 4.37. The monoisotopic (exact) mass is 225 g/mol. The standard InChI is InChI=1S/C11H19N3S/c1-2-10(11-13-6-7-15-11)14-8-9-4-3-5-12-9/h6-7,9-10,12,14H,2-5,8H2,1H3.